The molecule has 20 heavy (non-hydrogen) atoms. The Labute approximate surface area is 117 Å². The van der Waals surface area contributed by atoms with Crippen LogP contribution in [0.5, 0.6) is 0 Å². The van der Waals surface area contributed by atoms with Crippen LogP contribution in [0.15, 0.2) is 34.7 Å². The number of furan rings is 1. The van der Waals surface area contributed by atoms with E-state index in [2.05, 4.69) is 10.1 Å². The largest absolute Gasteiger partial charge is 0.465 e. The fraction of sp³-hybridized carbons (Fsp3) is 0.267. The highest BCUT2D eigenvalue weighted by Gasteiger charge is 2.14. The second-order valence-corrected chi connectivity index (χ2v) is 4.38. The molecule has 1 aromatic heterocycles. The zero-order valence-corrected chi connectivity index (χ0v) is 11.5. The van der Waals surface area contributed by atoms with Gasteiger partial charge >= 0.3 is 5.97 Å². The zero-order valence-electron chi connectivity index (χ0n) is 11.5. The van der Waals surface area contributed by atoms with Crippen molar-refractivity contribution in [1.82, 2.24) is 0 Å². The van der Waals surface area contributed by atoms with Crippen molar-refractivity contribution in [3.63, 3.8) is 0 Å². The summed E-state index contributed by atoms with van der Waals surface area (Å²) in [5.41, 5.74) is 2.22. The summed E-state index contributed by atoms with van der Waals surface area (Å²) in [6.45, 7) is 2.22. The van der Waals surface area contributed by atoms with Crippen molar-refractivity contribution in [3.05, 3.63) is 53.0 Å². The monoisotopic (exact) mass is 275 g/mol. The summed E-state index contributed by atoms with van der Waals surface area (Å²) >= 11 is 0. The Hall–Kier alpha value is -2.27. The van der Waals surface area contributed by atoms with Crippen LogP contribution in [0.1, 0.15) is 27.4 Å². The molecule has 2 rings (SSSR count). The highest BCUT2D eigenvalue weighted by atomic mass is 16.5. The lowest BCUT2D eigenvalue weighted by atomic mass is 10.2. The Morgan fingerprint density at radius 1 is 1.35 bits per heavy atom. The smallest absolute Gasteiger partial charge is 0.341 e. The molecule has 5 nitrogen and oxygen atoms in total. The van der Waals surface area contributed by atoms with Crippen LogP contribution in [0.3, 0.4) is 0 Å². The maximum Gasteiger partial charge on any atom is 0.341 e. The van der Waals surface area contributed by atoms with Crippen molar-refractivity contribution in [3.8, 4) is 0 Å². The molecular formula is C15H17NO4. The summed E-state index contributed by atoms with van der Waals surface area (Å²) in [6, 6.07) is 9.12. The number of nitrogens with one attached hydrogen (secondary N) is 1. The number of carbonyl (C=O) groups is 1. The summed E-state index contributed by atoms with van der Waals surface area (Å²) in [7, 11) is 1.34. The van der Waals surface area contributed by atoms with Gasteiger partial charge in [-0.2, -0.15) is 0 Å². The van der Waals surface area contributed by atoms with Gasteiger partial charge in [-0.05, 0) is 30.7 Å². The van der Waals surface area contributed by atoms with Crippen LogP contribution >= 0.6 is 0 Å². The van der Waals surface area contributed by atoms with Crippen molar-refractivity contribution in [2.75, 3.05) is 12.4 Å². The maximum absolute atomic E-state index is 11.5. The molecule has 2 N–H and O–H groups in total. The molecule has 0 bridgehead atoms. The first-order valence-electron chi connectivity index (χ1n) is 6.25. The third kappa shape index (κ3) is 3.19. The van der Waals surface area contributed by atoms with Crippen molar-refractivity contribution in [2.24, 2.45) is 0 Å². The predicted molar refractivity (Wildman–Crippen MR) is 74.5 cm³/mol. The number of anilines is 1. The molecule has 1 aromatic carbocycles. The highest BCUT2D eigenvalue weighted by Crippen LogP contribution is 2.17. The van der Waals surface area contributed by atoms with E-state index in [9.17, 15) is 4.79 Å². The number of aryl methyl sites for hydroxylation is 1. The molecule has 0 atom stereocenters. The summed E-state index contributed by atoms with van der Waals surface area (Å²) < 4.78 is 10.2. The van der Waals surface area contributed by atoms with E-state index in [-0.39, 0.29) is 6.61 Å². The average molecular weight is 275 g/mol. The molecule has 0 fully saturated rings. The fourth-order valence-corrected chi connectivity index (χ4v) is 1.86. The molecule has 0 aliphatic heterocycles. The van der Waals surface area contributed by atoms with Crippen LogP contribution in [-0.2, 0) is 17.9 Å². The molecule has 106 valence electrons. The topological polar surface area (TPSA) is 71.7 Å². The molecule has 1 heterocycles. The van der Waals surface area contributed by atoms with Gasteiger partial charge in [0.2, 0.25) is 0 Å². The van der Waals surface area contributed by atoms with Crippen molar-refractivity contribution < 1.29 is 19.1 Å². The summed E-state index contributed by atoms with van der Waals surface area (Å²) in [4.78, 5) is 11.5. The highest BCUT2D eigenvalue weighted by molar-refractivity contribution is 5.90. The predicted octanol–water partition coefficient (Wildman–Crippen LogP) is 2.48. The quantitative estimate of drug-likeness (QED) is 0.820. The number of carbonyl (C=O) groups excluding carboxylic acids is 1. The van der Waals surface area contributed by atoms with Gasteiger partial charge in [-0.1, -0.05) is 12.1 Å². The van der Waals surface area contributed by atoms with Gasteiger partial charge in [0.05, 0.1) is 20.3 Å². The SMILES string of the molecule is COC(=O)c1cc(CNc2ccc(CO)cc2)oc1C. The van der Waals surface area contributed by atoms with Gasteiger partial charge in [0.1, 0.15) is 17.1 Å². The first-order chi connectivity index (χ1) is 9.63. The number of hydrogen-bond acceptors (Lipinski definition) is 5. The zero-order chi connectivity index (χ0) is 14.5. The molecule has 0 amide bonds. The Balaban J connectivity index is 2.01. The van der Waals surface area contributed by atoms with E-state index in [1.165, 1.54) is 7.11 Å². The van der Waals surface area contributed by atoms with Gasteiger partial charge in [0, 0.05) is 5.69 Å². The number of aliphatic hydroxyl groups is 1. The van der Waals surface area contributed by atoms with Crippen LogP contribution in [-0.4, -0.2) is 18.2 Å². The van der Waals surface area contributed by atoms with Gasteiger partial charge in [0.15, 0.2) is 0 Å². The number of esters is 1. The average Bonchev–Trinajstić information content (AvgIpc) is 2.86. The summed E-state index contributed by atoms with van der Waals surface area (Å²) in [5, 5.41) is 12.1. The normalized spacial score (nSPS) is 10.3. The minimum Gasteiger partial charge on any atom is -0.465 e. The number of aliphatic hydroxyl groups excluding tert-OH is 1. The molecule has 5 heteroatoms. The van der Waals surface area contributed by atoms with E-state index in [4.69, 9.17) is 9.52 Å². The number of hydrogen-bond donors (Lipinski definition) is 2. The van der Waals surface area contributed by atoms with Crippen LogP contribution in [0, 0.1) is 6.92 Å². The summed E-state index contributed by atoms with van der Waals surface area (Å²) in [6.07, 6.45) is 0. The van der Waals surface area contributed by atoms with Crippen molar-refractivity contribution >= 4 is 11.7 Å². The van der Waals surface area contributed by atoms with Gasteiger partial charge in [0.25, 0.3) is 0 Å². The third-order valence-electron chi connectivity index (χ3n) is 2.98. The minimum absolute atomic E-state index is 0.0279. The molecule has 0 spiro atoms. The van der Waals surface area contributed by atoms with Crippen LogP contribution in [0.2, 0.25) is 0 Å². The van der Waals surface area contributed by atoms with Gasteiger partial charge in [-0.15, -0.1) is 0 Å². The molecule has 2 aromatic rings. The third-order valence-corrected chi connectivity index (χ3v) is 2.98. The molecule has 0 aliphatic rings. The van der Waals surface area contributed by atoms with E-state index < -0.39 is 5.97 Å². The van der Waals surface area contributed by atoms with Gasteiger partial charge < -0.3 is 19.6 Å². The van der Waals surface area contributed by atoms with Gasteiger partial charge in [-0.3, -0.25) is 0 Å². The number of methoxy groups -OCH3 is 1. The van der Waals surface area contributed by atoms with Crippen molar-refractivity contribution in [1.29, 1.82) is 0 Å². The number of benzene rings is 1. The van der Waals surface area contributed by atoms with E-state index in [0.717, 1.165) is 11.3 Å². The van der Waals surface area contributed by atoms with Crippen LogP contribution in [0.25, 0.3) is 0 Å². The first-order valence-corrected chi connectivity index (χ1v) is 6.25. The lowest BCUT2D eigenvalue weighted by Crippen LogP contribution is -2.01. The Morgan fingerprint density at radius 2 is 2.05 bits per heavy atom. The van der Waals surface area contributed by atoms with Gasteiger partial charge in [-0.25, -0.2) is 4.79 Å². The number of rotatable bonds is 5. The molecule has 0 radical (unpaired) electrons. The Kier molecular flexibility index (Phi) is 4.42. The molecule has 0 saturated carbocycles. The number of ether oxygens (including phenoxy) is 1. The lowest BCUT2D eigenvalue weighted by Gasteiger charge is -2.04. The van der Waals surface area contributed by atoms with E-state index >= 15 is 0 Å². The van der Waals surface area contributed by atoms with E-state index in [0.29, 0.717) is 23.6 Å². The fourth-order valence-electron chi connectivity index (χ4n) is 1.86. The van der Waals surface area contributed by atoms with E-state index in [1.54, 1.807) is 13.0 Å². The summed E-state index contributed by atoms with van der Waals surface area (Å²) in [5.74, 6) is 0.809. The minimum atomic E-state index is -0.398. The maximum atomic E-state index is 11.5. The first kappa shape index (κ1) is 14.1. The Bertz CT molecular complexity index is 586. The Morgan fingerprint density at radius 3 is 2.65 bits per heavy atom. The molecule has 0 unspecified atom stereocenters. The van der Waals surface area contributed by atoms with Crippen molar-refractivity contribution in [2.45, 2.75) is 20.1 Å². The second kappa shape index (κ2) is 6.25. The molecular weight excluding hydrogens is 258 g/mol. The lowest BCUT2D eigenvalue weighted by molar-refractivity contribution is 0.0599. The standard InChI is InChI=1S/C15H17NO4/c1-10-14(15(18)19-2)7-13(20-10)8-16-12-5-3-11(9-17)4-6-12/h3-7,16-17H,8-9H2,1-2H3. The molecule has 0 saturated heterocycles. The van der Waals surface area contributed by atoms with Crippen LogP contribution < -0.4 is 5.32 Å². The van der Waals surface area contributed by atoms with Crippen LogP contribution in [0.4, 0.5) is 5.69 Å². The molecule has 0 aliphatic carbocycles. The second-order valence-electron chi connectivity index (χ2n) is 4.38. The van der Waals surface area contributed by atoms with E-state index in [1.807, 2.05) is 24.3 Å².